The van der Waals surface area contributed by atoms with E-state index in [1.165, 1.54) is 6.07 Å². The standard InChI is InChI=1S/C11H12N4O2S/c1-7(9-3-2-4-18-9)12-14-10(16)5-8-6-11(17)15-13-8/h2-4,6H,5H2,1H3,(H,14,16)(H2,13,15,17). The molecule has 2 aromatic rings. The fourth-order valence-corrected chi connectivity index (χ4v) is 2.04. The van der Waals surface area contributed by atoms with Gasteiger partial charge in [-0.1, -0.05) is 6.07 Å². The van der Waals surface area contributed by atoms with Crippen LogP contribution in [0.2, 0.25) is 0 Å². The third-order valence-corrected chi connectivity index (χ3v) is 3.21. The molecule has 2 rings (SSSR count). The first-order valence-electron chi connectivity index (χ1n) is 5.29. The van der Waals surface area contributed by atoms with Crippen LogP contribution in [0.3, 0.4) is 0 Å². The zero-order valence-electron chi connectivity index (χ0n) is 9.69. The van der Waals surface area contributed by atoms with Crippen LogP contribution in [0.15, 0.2) is 33.5 Å². The van der Waals surface area contributed by atoms with Crippen LogP contribution in [0, 0.1) is 0 Å². The number of hydrogen-bond acceptors (Lipinski definition) is 4. The molecule has 0 aromatic carbocycles. The van der Waals surface area contributed by atoms with E-state index in [-0.39, 0.29) is 17.9 Å². The van der Waals surface area contributed by atoms with Gasteiger partial charge in [0.25, 0.3) is 5.56 Å². The molecular weight excluding hydrogens is 252 g/mol. The van der Waals surface area contributed by atoms with Gasteiger partial charge in [-0.15, -0.1) is 11.3 Å². The molecule has 0 aliphatic rings. The molecule has 94 valence electrons. The van der Waals surface area contributed by atoms with Crippen molar-refractivity contribution in [3.8, 4) is 0 Å². The van der Waals surface area contributed by atoms with Gasteiger partial charge >= 0.3 is 0 Å². The summed E-state index contributed by atoms with van der Waals surface area (Å²) in [6.07, 6.45) is 0.0833. The van der Waals surface area contributed by atoms with Gasteiger partial charge in [0.1, 0.15) is 0 Å². The summed E-state index contributed by atoms with van der Waals surface area (Å²) in [6, 6.07) is 5.19. The van der Waals surface area contributed by atoms with Crippen LogP contribution in [0.25, 0.3) is 0 Å². The fraction of sp³-hybridized carbons (Fsp3) is 0.182. The third kappa shape index (κ3) is 3.17. The molecule has 2 heterocycles. The quantitative estimate of drug-likeness (QED) is 0.564. The summed E-state index contributed by atoms with van der Waals surface area (Å²) in [4.78, 5) is 23.4. The van der Waals surface area contributed by atoms with E-state index in [0.717, 1.165) is 10.6 Å². The summed E-state index contributed by atoms with van der Waals surface area (Å²) in [5.74, 6) is -0.277. The topological polar surface area (TPSA) is 90.1 Å². The molecule has 0 fully saturated rings. The molecule has 0 saturated heterocycles. The first-order valence-corrected chi connectivity index (χ1v) is 6.16. The Balaban J connectivity index is 1.92. The lowest BCUT2D eigenvalue weighted by atomic mass is 10.3. The molecule has 18 heavy (non-hydrogen) atoms. The van der Waals surface area contributed by atoms with Gasteiger partial charge in [-0.3, -0.25) is 14.7 Å². The smallest absolute Gasteiger partial charge is 0.264 e. The van der Waals surface area contributed by atoms with Crippen LogP contribution in [0.1, 0.15) is 17.5 Å². The maximum Gasteiger partial charge on any atom is 0.264 e. The fourth-order valence-electron chi connectivity index (χ4n) is 1.37. The van der Waals surface area contributed by atoms with Gasteiger partial charge in [0.15, 0.2) is 0 Å². The van der Waals surface area contributed by atoms with Crippen molar-refractivity contribution in [1.29, 1.82) is 0 Å². The van der Waals surface area contributed by atoms with Crippen molar-refractivity contribution in [2.75, 3.05) is 0 Å². The van der Waals surface area contributed by atoms with Crippen molar-refractivity contribution in [3.63, 3.8) is 0 Å². The minimum atomic E-state index is -0.277. The first-order chi connectivity index (χ1) is 8.65. The zero-order chi connectivity index (χ0) is 13.0. The van der Waals surface area contributed by atoms with Crippen LogP contribution in [0.5, 0.6) is 0 Å². The number of thiophene rings is 1. The second-order valence-corrected chi connectivity index (χ2v) is 4.62. The molecule has 3 N–H and O–H groups in total. The van der Waals surface area contributed by atoms with Gasteiger partial charge in [0.05, 0.1) is 12.1 Å². The molecule has 6 nitrogen and oxygen atoms in total. The summed E-state index contributed by atoms with van der Waals surface area (Å²) in [5, 5.41) is 10.9. The molecule has 0 aliphatic carbocycles. The number of amides is 1. The van der Waals surface area contributed by atoms with Gasteiger partial charge in [-0.2, -0.15) is 5.10 Å². The summed E-state index contributed by atoms with van der Waals surface area (Å²) >= 11 is 1.56. The lowest BCUT2D eigenvalue weighted by Crippen LogP contribution is -2.21. The Labute approximate surface area is 107 Å². The Morgan fingerprint density at radius 2 is 2.33 bits per heavy atom. The highest BCUT2D eigenvalue weighted by Gasteiger charge is 2.05. The zero-order valence-corrected chi connectivity index (χ0v) is 10.5. The lowest BCUT2D eigenvalue weighted by Gasteiger charge is -1.99. The van der Waals surface area contributed by atoms with E-state index in [2.05, 4.69) is 20.7 Å². The Bertz CT molecular complexity index is 609. The summed E-state index contributed by atoms with van der Waals surface area (Å²) in [7, 11) is 0. The predicted octanol–water partition coefficient (Wildman–Crippen LogP) is 0.847. The van der Waals surface area contributed by atoms with Crippen molar-refractivity contribution < 1.29 is 4.79 Å². The molecule has 7 heteroatoms. The Hall–Kier alpha value is -2.15. The molecule has 1 amide bonds. The number of nitrogens with zero attached hydrogens (tertiary/aromatic N) is 1. The number of hydrogen-bond donors (Lipinski definition) is 3. The van der Waals surface area contributed by atoms with Gasteiger partial charge < -0.3 is 5.10 Å². The molecule has 0 radical (unpaired) electrons. The van der Waals surface area contributed by atoms with E-state index in [1.807, 2.05) is 24.4 Å². The number of nitrogens with one attached hydrogen (secondary N) is 3. The molecule has 0 atom stereocenters. The maximum absolute atomic E-state index is 11.5. The Morgan fingerprint density at radius 3 is 2.94 bits per heavy atom. The summed E-state index contributed by atoms with van der Waals surface area (Å²) in [6.45, 7) is 1.82. The van der Waals surface area contributed by atoms with E-state index >= 15 is 0 Å². The molecule has 0 unspecified atom stereocenters. The van der Waals surface area contributed by atoms with Crippen LogP contribution in [0.4, 0.5) is 0 Å². The van der Waals surface area contributed by atoms with Gasteiger partial charge in [-0.25, -0.2) is 5.43 Å². The average Bonchev–Trinajstić information content (AvgIpc) is 2.97. The monoisotopic (exact) mass is 264 g/mol. The molecule has 0 bridgehead atoms. The largest absolute Gasteiger partial charge is 0.302 e. The Morgan fingerprint density at radius 1 is 1.50 bits per heavy atom. The summed E-state index contributed by atoms with van der Waals surface area (Å²) in [5.41, 5.74) is 3.47. The van der Waals surface area contributed by atoms with Crippen LogP contribution in [-0.2, 0) is 11.2 Å². The van der Waals surface area contributed by atoms with Crippen molar-refractivity contribution in [2.45, 2.75) is 13.3 Å². The second kappa shape index (κ2) is 5.46. The SMILES string of the molecule is CC(=NNC(=O)Cc1cc(=O)[nH][nH]1)c1cccs1. The van der Waals surface area contributed by atoms with Gasteiger partial charge in [0.2, 0.25) is 5.91 Å². The third-order valence-electron chi connectivity index (χ3n) is 2.23. The molecular formula is C11H12N4O2S. The van der Waals surface area contributed by atoms with Crippen LogP contribution >= 0.6 is 11.3 Å². The highest BCUT2D eigenvalue weighted by atomic mass is 32.1. The Kier molecular flexibility index (Phi) is 3.73. The second-order valence-electron chi connectivity index (χ2n) is 3.67. The lowest BCUT2D eigenvalue weighted by molar-refractivity contribution is -0.120. The van der Waals surface area contributed by atoms with E-state index in [9.17, 15) is 9.59 Å². The van der Waals surface area contributed by atoms with E-state index in [4.69, 9.17) is 0 Å². The van der Waals surface area contributed by atoms with Crippen molar-refractivity contribution in [1.82, 2.24) is 15.6 Å². The molecule has 0 saturated carbocycles. The number of H-pyrrole nitrogens is 2. The molecule has 0 spiro atoms. The van der Waals surface area contributed by atoms with Crippen LogP contribution < -0.4 is 11.0 Å². The van der Waals surface area contributed by atoms with Crippen molar-refractivity contribution in [2.24, 2.45) is 5.10 Å². The normalized spacial score (nSPS) is 11.5. The van der Waals surface area contributed by atoms with E-state index < -0.39 is 0 Å². The van der Waals surface area contributed by atoms with Crippen molar-refractivity contribution >= 4 is 23.0 Å². The predicted molar refractivity (Wildman–Crippen MR) is 69.8 cm³/mol. The number of aromatic nitrogens is 2. The average molecular weight is 264 g/mol. The number of rotatable bonds is 4. The number of hydrazone groups is 1. The molecule has 0 aliphatic heterocycles. The van der Waals surface area contributed by atoms with E-state index in [0.29, 0.717) is 5.69 Å². The van der Waals surface area contributed by atoms with Crippen molar-refractivity contribution in [3.05, 3.63) is 44.5 Å². The minimum Gasteiger partial charge on any atom is -0.302 e. The molecule has 2 aromatic heterocycles. The highest BCUT2D eigenvalue weighted by Crippen LogP contribution is 2.09. The number of carbonyl (C=O) groups excluding carboxylic acids is 1. The highest BCUT2D eigenvalue weighted by molar-refractivity contribution is 7.12. The summed E-state index contributed by atoms with van der Waals surface area (Å²) < 4.78 is 0. The number of aromatic amines is 2. The maximum atomic E-state index is 11.5. The number of carbonyl (C=O) groups is 1. The first kappa shape index (κ1) is 12.3. The van der Waals surface area contributed by atoms with Gasteiger partial charge in [0, 0.05) is 16.6 Å². The van der Waals surface area contributed by atoms with E-state index in [1.54, 1.807) is 11.3 Å². The van der Waals surface area contributed by atoms with Gasteiger partial charge in [-0.05, 0) is 18.4 Å². The van der Waals surface area contributed by atoms with Crippen LogP contribution in [-0.4, -0.2) is 21.8 Å². The minimum absolute atomic E-state index is 0.0833.